The Labute approximate surface area is 195 Å². The Balaban J connectivity index is 1.58. The van der Waals surface area contributed by atoms with Crippen molar-refractivity contribution >= 4 is 29.0 Å². The zero-order valence-corrected chi connectivity index (χ0v) is 19.5. The Morgan fingerprint density at radius 2 is 1.88 bits per heavy atom. The predicted octanol–water partition coefficient (Wildman–Crippen LogP) is 4.81. The minimum atomic E-state index is -0.248. The number of likely N-dealkylation sites (N-methyl/N-ethyl adjacent to an activating group) is 1. The average molecular weight is 452 g/mol. The smallest absolute Gasteiger partial charge is 0.257 e. The molecule has 0 radical (unpaired) electrons. The van der Waals surface area contributed by atoms with Gasteiger partial charge in [0.1, 0.15) is 5.82 Å². The van der Waals surface area contributed by atoms with E-state index < -0.39 is 0 Å². The third-order valence-electron chi connectivity index (χ3n) is 5.08. The van der Waals surface area contributed by atoms with Crippen LogP contribution >= 0.6 is 11.6 Å². The highest BCUT2D eigenvalue weighted by Crippen LogP contribution is 2.24. The van der Waals surface area contributed by atoms with Crippen molar-refractivity contribution in [3.63, 3.8) is 0 Å². The standard InChI is InChI=1S/C25H30ClN5O/c1-18(20-7-5-4-6-8-20)28-16-19-9-11-22(26)23(15-19)30-25(32)21-10-12-24(29-17-21)27-13-14-31(2)3/h4-12,15,17-18,28H,13-14,16H2,1-3H3,(H,27,29)(H,30,32)/t18-/m1/s1. The van der Waals surface area contributed by atoms with Gasteiger partial charge in [-0.15, -0.1) is 0 Å². The van der Waals surface area contributed by atoms with Crippen molar-refractivity contribution in [3.05, 3.63) is 88.6 Å². The lowest BCUT2D eigenvalue weighted by Gasteiger charge is -2.15. The number of benzene rings is 2. The molecule has 0 aliphatic carbocycles. The van der Waals surface area contributed by atoms with Crippen molar-refractivity contribution in [1.29, 1.82) is 0 Å². The number of aromatic nitrogens is 1. The number of amides is 1. The van der Waals surface area contributed by atoms with Crippen LogP contribution in [-0.4, -0.2) is 43.0 Å². The van der Waals surface area contributed by atoms with E-state index >= 15 is 0 Å². The van der Waals surface area contributed by atoms with Crippen LogP contribution in [0.5, 0.6) is 0 Å². The highest BCUT2D eigenvalue weighted by atomic mass is 35.5. The molecule has 0 aliphatic heterocycles. The Morgan fingerprint density at radius 1 is 1.09 bits per heavy atom. The second kappa shape index (κ2) is 11.6. The molecule has 0 saturated carbocycles. The van der Waals surface area contributed by atoms with Gasteiger partial charge in [0.2, 0.25) is 0 Å². The number of anilines is 2. The number of carbonyl (C=O) groups excluding carboxylic acids is 1. The van der Waals surface area contributed by atoms with Gasteiger partial charge in [0.25, 0.3) is 5.91 Å². The van der Waals surface area contributed by atoms with Gasteiger partial charge in [-0.3, -0.25) is 4.79 Å². The van der Waals surface area contributed by atoms with Crippen molar-refractivity contribution in [3.8, 4) is 0 Å². The Hall–Kier alpha value is -2.93. The molecule has 0 aliphatic rings. The number of pyridine rings is 1. The number of hydrogen-bond acceptors (Lipinski definition) is 5. The van der Waals surface area contributed by atoms with E-state index in [1.54, 1.807) is 24.4 Å². The number of carbonyl (C=O) groups is 1. The first-order valence-corrected chi connectivity index (χ1v) is 11.0. The molecule has 168 valence electrons. The van der Waals surface area contributed by atoms with Crippen LogP contribution in [0.4, 0.5) is 11.5 Å². The number of halogens is 1. The van der Waals surface area contributed by atoms with Gasteiger partial charge in [0.05, 0.1) is 16.3 Å². The summed E-state index contributed by atoms with van der Waals surface area (Å²) >= 11 is 6.33. The molecular weight excluding hydrogens is 422 g/mol. The summed E-state index contributed by atoms with van der Waals surface area (Å²) in [6, 6.07) is 19.7. The maximum Gasteiger partial charge on any atom is 0.257 e. The summed E-state index contributed by atoms with van der Waals surface area (Å²) < 4.78 is 0. The highest BCUT2D eigenvalue weighted by Gasteiger charge is 2.11. The summed E-state index contributed by atoms with van der Waals surface area (Å²) in [7, 11) is 4.03. The van der Waals surface area contributed by atoms with Crippen molar-refractivity contribution in [2.75, 3.05) is 37.8 Å². The minimum Gasteiger partial charge on any atom is -0.369 e. The fourth-order valence-electron chi connectivity index (χ4n) is 3.14. The lowest BCUT2D eigenvalue weighted by Crippen LogP contribution is -2.21. The van der Waals surface area contributed by atoms with Gasteiger partial charge in [-0.1, -0.05) is 48.0 Å². The van der Waals surface area contributed by atoms with E-state index in [4.69, 9.17) is 11.6 Å². The number of rotatable bonds is 10. The van der Waals surface area contributed by atoms with Crippen LogP contribution in [-0.2, 0) is 6.54 Å². The molecule has 3 rings (SSSR count). The van der Waals surface area contributed by atoms with Crippen molar-refractivity contribution in [2.45, 2.75) is 19.5 Å². The zero-order valence-electron chi connectivity index (χ0n) is 18.7. The summed E-state index contributed by atoms with van der Waals surface area (Å²) in [5.41, 5.74) is 3.31. The SMILES string of the molecule is C[C@@H](NCc1ccc(Cl)c(NC(=O)c2ccc(NCCN(C)C)nc2)c1)c1ccccc1. The molecule has 32 heavy (non-hydrogen) atoms. The van der Waals surface area contributed by atoms with Crippen molar-refractivity contribution in [2.24, 2.45) is 0 Å². The van der Waals surface area contributed by atoms with E-state index in [1.807, 2.05) is 44.4 Å². The van der Waals surface area contributed by atoms with Crippen molar-refractivity contribution in [1.82, 2.24) is 15.2 Å². The summed E-state index contributed by atoms with van der Waals surface area (Å²) in [6.07, 6.45) is 1.56. The Kier molecular flexibility index (Phi) is 8.62. The van der Waals surface area contributed by atoms with Crippen LogP contribution in [0.3, 0.4) is 0 Å². The molecule has 0 unspecified atom stereocenters. The average Bonchev–Trinajstić information content (AvgIpc) is 2.80. The lowest BCUT2D eigenvalue weighted by molar-refractivity contribution is 0.102. The van der Waals surface area contributed by atoms with Gasteiger partial charge < -0.3 is 20.9 Å². The van der Waals surface area contributed by atoms with Crippen LogP contribution in [0.1, 0.15) is 34.5 Å². The maximum atomic E-state index is 12.7. The molecule has 0 fully saturated rings. The summed E-state index contributed by atoms with van der Waals surface area (Å²) in [6.45, 7) is 4.47. The number of nitrogens with zero attached hydrogens (tertiary/aromatic N) is 2. The molecule has 1 aromatic heterocycles. The molecular formula is C25H30ClN5O. The van der Waals surface area contributed by atoms with Gasteiger partial charge in [-0.05, 0) is 56.4 Å². The van der Waals surface area contributed by atoms with Crippen LogP contribution in [0.2, 0.25) is 5.02 Å². The third kappa shape index (κ3) is 7.05. The van der Waals surface area contributed by atoms with E-state index in [2.05, 4.69) is 44.9 Å². The summed E-state index contributed by atoms with van der Waals surface area (Å²) in [4.78, 5) is 19.1. The molecule has 1 heterocycles. The van der Waals surface area contributed by atoms with Crippen LogP contribution in [0, 0.1) is 0 Å². The monoisotopic (exact) mass is 451 g/mol. The second-order valence-electron chi connectivity index (χ2n) is 7.94. The van der Waals surface area contributed by atoms with E-state index in [0.717, 1.165) is 24.5 Å². The minimum absolute atomic E-state index is 0.209. The van der Waals surface area contributed by atoms with Crippen LogP contribution < -0.4 is 16.0 Å². The second-order valence-corrected chi connectivity index (χ2v) is 8.35. The first-order chi connectivity index (χ1) is 15.4. The molecule has 0 bridgehead atoms. The summed E-state index contributed by atoms with van der Waals surface area (Å²) in [5.74, 6) is 0.490. The Morgan fingerprint density at radius 3 is 2.56 bits per heavy atom. The van der Waals surface area contributed by atoms with Gasteiger partial charge in [0, 0.05) is 31.9 Å². The van der Waals surface area contributed by atoms with E-state index in [-0.39, 0.29) is 11.9 Å². The van der Waals surface area contributed by atoms with Gasteiger partial charge >= 0.3 is 0 Å². The van der Waals surface area contributed by atoms with Gasteiger partial charge in [-0.25, -0.2) is 4.98 Å². The van der Waals surface area contributed by atoms with Gasteiger partial charge in [-0.2, -0.15) is 0 Å². The molecule has 1 atom stereocenters. The van der Waals surface area contributed by atoms with E-state index in [0.29, 0.717) is 22.8 Å². The lowest BCUT2D eigenvalue weighted by atomic mass is 10.1. The fourth-order valence-corrected chi connectivity index (χ4v) is 3.31. The molecule has 2 aromatic carbocycles. The first-order valence-electron chi connectivity index (χ1n) is 10.6. The van der Waals surface area contributed by atoms with E-state index in [9.17, 15) is 4.79 Å². The summed E-state index contributed by atoms with van der Waals surface area (Å²) in [5, 5.41) is 10.1. The Bertz CT molecular complexity index is 1010. The molecule has 3 aromatic rings. The predicted molar refractivity (Wildman–Crippen MR) is 132 cm³/mol. The first kappa shape index (κ1) is 23.7. The molecule has 0 spiro atoms. The van der Waals surface area contributed by atoms with Crippen LogP contribution in [0.15, 0.2) is 66.9 Å². The topological polar surface area (TPSA) is 69.3 Å². The number of hydrogen-bond donors (Lipinski definition) is 3. The van der Waals surface area contributed by atoms with Crippen LogP contribution in [0.25, 0.3) is 0 Å². The maximum absolute atomic E-state index is 12.7. The van der Waals surface area contributed by atoms with Crippen molar-refractivity contribution < 1.29 is 4.79 Å². The fraction of sp³-hybridized carbons (Fsp3) is 0.280. The normalized spacial score (nSPS) is 11.9. The number of nitrogens with one attached hydrogen (secondary N) is 3. The largest absolute Gasteiger partial charge is 0.369 e. The third-order valence-corrected chi connectivity index (χ3v) is 5.41. The zero-order chi connectivity index (χ0) is 22.9. The van der Waals surface area contributed by atoms with E-state index in [1.165, 1.54) is 5.56 Å². The quantitative estimate of drug-likeness (QED) is 0.412. The van der Waals surface area contributed by atoms with Gasteiger partial charge in [0.15, 0.2) is 0 Å². The molecule has 1 amide bonds. The molecule has 7 heteroatoms. The molecule has 3 N–H and O–H groups in total. The molecule has 0 saturated heterocycles. The molecule has 6 nitrogen and oxygen atoms in total. The highest BCUT2D eigenvalue weighted by molar-refractivity contribution is 6.34.